The summed E-state index contributed by atoms with van der Waals surface area (Å²) >= 11 is 1.61. The smallest absolute Gasteiger partial charge is 0.296 e. The lowest BCUT2D eigenvalue weighted by Gasteiger charge is -2.06. The van der Waals surface area contributed by atoms with Crippen LogP contribution in [0.5, 0.6) is 5.06 Å². The highest BCUT2D eigenvalue weighted by atomic mass is 32.2. The fraction of sp³-hybridized carbons (Fsp3) is 0.238. The molecule has 0 saturated heterocycles. The summed E-state index contributed by atoms with van der Waals surface area (Å²) in [6, 6.07) is 20.9. The van der Waals surface area contributed by atoms with Crippen molar-refractivity contribution in [3.05, 3.63) is 82.7 Å². The lowest BCUT2D eigenvalue weighted by molar-refractivity contribution is 0.254. The first-order chi connectivity index (χ1) is 13.0. The molecule has 0 saturated carbocycles. The van der Waals surface area contributed by atoms with Gasteiger partial charge in [-0.15, -0.1) is 11.3 Å². The maximum Gasteiger partial charge on any atom is 0.296 e. The monoisotopic (exact) mass is 402 g/mol. The highest BCUT2D eigenvalue weighted by molar-refractivity contribution is 7.86. The van der Waals surface area contributed by atoms with E-state index in [4.69, 9.17) is 8.92 Å². The van der Waals surface area contributed by atoms with E-state index in [-0.39, 0.29) is 11.5 Å². The number of aryl methyl sites for hydroxylation is 1. The summed E-state index contributed by atoms with van der Waals surface area (Å²) in [5.74, 6) is 0. The molecule has 142 valence electrons. The highest BCUT2D eigenvalue weighted by Gasteiger charge is 2.14. The SMILES string of the molecule is Cc1ccc(S(=O)(=O)OCCCOc2ccc(Cc3ccccc3)s2)cc1. The Kier molecular flexibility index (Phi) is 6.66. The summed E-state index contributed by atoms with van der Waals surface area (Å²) in [4.78, 5) is 1.41. The van der Waals surface area contributed by atoms with Gasteiger partial charge in [-0.1, -0.05) is 48.0 Å². The van der Waals surface area contributed by atoms with Crippen LogP contribution in [0.1, 0.15) is 22.4 Å². The number of benzene rings is 2. The van der Waals surface area contributed by atoms with Gasteiger partial charge in [0.25, 0.3) is 10.1 Å². The second kappa shape index (κ2) is 9.17. The van der Waals surface area contributed by atoms with Crippen LogP contribution in [-0.4, -0.2) is 21.6 Å². The summed E-state index contributed by atoms with van der Waals surface area (Å²) < 4.78 is 35.0. The molecule has 0 N–H and O–H groups in total. The molecule has 3 rings (SSSR count). The maximum atomic E-state index is 12.1. The molecule has 0 amide bonds. The van der Waals surface area contributed by atoms with Gasteiger partial charge in [-0.2, -0.15) is 8.42 Å². The van der Waals surface area contributed by atoms with Crippen LogP contribution in [0, 0.1) is 6.92 Å². The number of thiophene rings is 1. The van der Waals surface area contributed by atoms with Crippen LogP contribution in [0.2, 0.25) is 0 Å². The van der Waals surface area contributed by atoms with Gasteiger partial charge in [-0.3, -0.25) is 4.18 Å². The van der Waals surface area contributed by atoms with Crippen molar-refractivity contribution in [3.8, 4) is 5.06 Å². The molecule has 0 aliphatic heterocycles. The number of ether oxygens (including phenoxy) is 1. The Hall–Kier alpha value is -2.15. The minimum absolute atomic E-state index is 0.0957. The Bertz CT molecular complexity index is 945. The maximum absolute atomic E-state index is 12.1. The predicted molar refractivity (Wildman–Crippen MR) is 108 cm³/mol. The molecule has 1 heterocycles. The number of hydrogen-bond donors (Lipinski definition) is 0. The molecule has 2 aromatic carbocycles. The zero-order valence-electron chi connectivity index (χ0n) is 15.1. The van der Waals surface area contributed by atoms with E-state index >= 15 is 0 Å². The van der Waals surface area contributed by atoms with Crippen LogP contribution in [0.4, 0.5) is 0 Å². The van der Waals surface area contributed by atoms with Crippen LogP contribution in [0.3, 0.4) is 0 Å². The van der Waals surface area contributed by atoms with E-state index in [0.29, 0.717) is 13.0 Å². The van der Waals surface area contributed by atoms with E-state index in [2.05, 4.69) is 18.2 Å². The van der Waals surface area contributed by atoms with Crippen LogP contribution in [0.15, 0.2) is 71.6 Å². The molecular weight excluding hydrogens is 380 g/mol. The van der Waals surface area contributed by atoms with Crippen LogP contribution in [0.25, 0.3) is 0 Å². The highest BCUT2D eigenvalue weighted by Crippen LogP contribution is 2.26. The van der Waals surface area contributed by atoms with Gasteiger partial charge >= 0.3 is 0 Å². The molecule has 1 aromatic heterocycles. The Labute approximate surface area is 164 Å². The molecular formula is C21H22O4S2. The van der Waals surface area contributed by atoms with E-state index < -0.39 is 10.1 Å². The summed E-state index contributed by atoms with van der Waals surface area (Å²) in [6.07, 6.45) is 1.38. The number of rotatable bonds is 9. The largest absolute Gasteiger partial charge is 0.484 e. The van der Waals surface area contributed by atoms with Crippen molar-refractivity contribution in [2.45, 2.75) is 24.7 Å². The minimum Gasteiger partial charge on any atom is -0.484 e. The van der Waals surface area contributed by atoms with Gasteiger partial charge in [0.05, 0.1) is 18.1 Å². The van der Waals surface area contributed by atoms with Crippen molar-refractivity contribution in [2.24, 2.45) is 0 Å². The van der Waals surface area contributed by atoms with E-state index in [0.717, 1.165) is 17.0 Å². The molecule has 0 atom stereocenters. The molecule has 0 radical (unpaired) electrons. The molecule has 0 aliphatic carbocycles. The quantitative estimate of drug-likeness (QED) is 0.380. The summed E-state index contributed by atoms with van der Waals surface area (Å²) in [5.41, 5.74) is 2.27. The fourth-order valence-electron chi connectivity index (χ4n) is 2.50. The first kappa shape index (κ1) is 19.6. The van der Waals surface area contributed by atoms with Crippen molar-refractivity contribution in [1.82, 2.24) is 0 Å². The molecule has 0 fully saturated rings. The standard InChI is InChI=1S/C21H22O4S2/c1-17-8-11-20(12-9-17)27(22,23)25-15-5-14-24-21-13-10-19(26-21)16-18-6-3-2-4-7-18/h2-4,6-13H,5,14-16H2,1H3. The Morgan fingerprint density at radius 3 is 2.37 bits per heavy atom. The topological polar surface area (TPSA) is 52.6 Å². The zero-order chi connectivity index (χ0) is 19.1. The van der Waals surface area contributed by atoms with Crippen molar-refractivity contribution >= 4 is 21.5 Å². The first-order valence-corrected chi connectivity index (χ1v) is 11.0. The summed E-state index contributed by atoms with van der Waals surface area (Å²) in [5, 5.41) is 0.835. The third-order valence-electron chi connectivity index (χ3n) is 3.94. The molecule has 4 nitrogen and oxygen atoms in total. The van der Waals surface area contributed by atoms with E-state index in [1.54, 1.807) is 35.6 Å². The molecule has 0 bridgehead atoms. The van der Waals surface area contributed by atoms with Crippen LogP contribution in [-0.2, 0) is 20.7 Å². The molecule has 3 aromatic rings. The molecule has 0 aliphatic rings. The van der Waals surface area contributed by atoms with Gasteiger partial charge in [0.15, 0.2) is 5.06 Å². The second-order valence-electron chi connectivity index (χ2n) is 6.17. The zero-order valence-corrected chi connectivity index (χ0v) is 16.8. The molecule has 0 spiro atoms. The predicted octanol–water partition coefficient (Wildman–Crippen LogP) is 4.82. The summed E-state index contributed by atoms with van der Waals surface area (Å²) in [7, 11) is -3.71. The van der Waals surface area contributed by atoms with E-state index in [1.165, 1.54) is 10.4 Å². The van der Waals surface area contributed by atoms with Gasteiger partial charge in [0.1, 0.15) is 0 Å². The number of hydrogen-bond acceptors (Lipinski definition) is 5. The Morgan fingerprint density at radius 1 is 0.889 bits per heavy atom. The average Bonchev–Trinajstić information content (AvgIpc) is 3.10. The normalized spacial score (nSPS) is 11.4. The van der Waals surface area contributed by atoms with Gasteiger partial charge in [0.2, 0.25) is 0 Å². The Morgan fingerprint density at radius 2 is 1.63 bits per heavy atom. The third-order valence-corrected chi connectivity index (χ3v) is 6.26. The minimum atomic E-state index is -3.71. The lowest BCUT2D eigenvalue weighted by Crippen LogP contribution is -2.10. The first-order valence-electron chi connectivity index (χ1n) is 8.74. The third kappa shape index (κ3) is 5.92. The van der Waals surface area contributed by atoms with E-state index in [1.807, 2.05) is 31.2 Å². The lowest BCUT2D eigenvalue weighted by atomic mass is 10.1. The molecule has 27 heavy (non-hydrogen) atoms. The van der Waals surface area contributed by atoms with Gasteiger partial charge in [-0.05, 0) is 36.8 Å². The van der Waals surface area contributed by atoms with E-state index in [9.17, 15) is 8.42 Å². The van der Waals surface area contributed by atoms with Crippen molar-refractivity contribution < 1.29 is 17.3 Å². The van der Waals surface area contributed by atoms with Crippen molar-refractivity contribution in [3.63, 3.8) is 0 Å². The van der Waals surface area contributed by atoms with Gasteiger partial charge in [0, 0.05) is 17.7 Å². The summed E-state index contributed by atoms with van der Waals surface area (Å²) in [6.45, 7) is 2.41. The molecule has 6 heteroatoms. The van der Waals surface area contributed by atoms with Crippen molar-refractivity contribution in [1.29, 1.82) is 0 Å². The Balaban J connectivity index is 1.41. The molecule has 0 unspecified atom stereocenters. The average molecular weight is 403 g/mol. The van der Waals surface area contributed by atoms with Crippen LogP contribution < -0.4 is 4.74 Å². The van der Waals surface area contributed by atoms with Crippen molar-refractivity contribution in [2.75, 3.05) is 13.2 Å². The van der Waals surface area contributed by atoms with Gasteiger partial charge < -0.3 is 4.74 Å². The van der Waals surface area contributed by atoms with Gasteiger partial charge in [-0.25, -0.2) is 0 Å². The fourth-order valence-corrected chi connectivity index (χ4v) is 4.36. The van der Waals surface area contributed by atoms with Crippen LogP contribution >= 0.6 is 11.3 Å². The second-order valence-corrected chi connectivity index (χ2v) is 8.92.